The van der Waals surface area contributed by atoms with Crippen LogP contribution in [0.1, 0.15) is 31.7 Å². The zero-order valence-electron chi connectivity index (χ0n) is 10.8. The fraction of sp³-hybridized carbons (Fsp3) is 0.727. The molecule has 2 N–H and O–H groups in total. The lowest BCUT2D eigenvalue weighted by Gasteiger charge is -2.33. The Morgan fingerprint density at radius 1 is 1.56 bits per heavy atom. The first-order valence-corrected chi connectivity index (χ1v) is 6.79. The van der Waals surface area contributed by atoms with Crippen molar-refractivity contribution in [2.45, 2.75) is 45.3 Å². The highest BCUT2D eigenvalue weighted by Gasteiger charge is 2.38. The first-order chi connectivity index (χ1) is 8.38. The van der Waals surface area contributed by atoms with Crippen molar-refractivity contribution in [1.29, 1.82) is 0 Å². The SMILES string of the molecule is Cc1nnc(NC(=O)N2CCCC2C(C)(C)O)s1. The molecular formula is C11H18N4O2S. The Labute approximate surface area is 110 Å². The minimum absolute atomic E-state index is 0.147. The number of hydrogen-bond donors (Lipinski definition) is 2. The first-order valence-electron chi connectivity index (χ1n) is 5.98. The Morgan fingerprint density at radius 2 is 2.28 bits per heavy atom. The quantitative estimate of drug-likeness (QED) is 0.856. The number of likely N-dealkylation sites (tertiary alicyclic amines) is 1. The Kier molecular flexibility index (Phi) is 3.54. The van der Waals surface area contributed by atoms with Crippen LogP contribution >= 0.6 is 11.3 Å². The van der Waals surface area contributed by atoms with Gasteiger partial charge < -0.3 is 10.0 Å². The predicted molar refractivity (Wildman–Crippen MR) is 69.7 cm³/mol. The van der Waals surface area contributed by atoms with Crippen LogP contribution in [0.15, 0.2) is 0 Å². The number of rotatable bonds is 2. The van der Waals surface area contributed by atoms with Crippen molar-refractivity contribution in [3.05, 3.63) is 5.01 Å². The lowest BCUT2D eigenvalue weighted by atomic mass is 9.97. The second kappa shape index (κ2) is 4.81. The molecule has 1 aromatic rings. The monoisotopic (exact) mass is 270 g/mol. The normalized spacial score (nSPS) is 20.2. The van der Waals surface area contributed by atoms with Crippen LogP contribution in [0.3, 0.4) is 0 Å². The second-order valence-corrected chi connectivity index (χ2v) is 6.24. The fourth-order valence-corrected chi connectivity index (χ4v) is 2.84. The van der Waals surface area contributed by atoms with Crippen molar-refractivity contribution < 1.29 is 9.90 Å². The third-order valence-electron chi connectivity index (χ3n) is 3.07. The fourth-order valence-electron chi connectivity index (χ4n) is 2.25. The molecule has 6 nitrogen and oxygen atoms in total. The number of hydrogen-bond acceptors (Lipinski definition) is 5. The summed E-state index contributed by atoms with van der Waals surface area (Å²) in [6.07, 6.45) is 1.74. The summed E-state index contributed by atoms with van der Waals surface area (Å²) >= 11 is 1.34. The molecule has 2 heterocycles. The second-order valence-electron chi connectivity index (χ2n) is 5.06. The number of aromatic nitrogens is 2. The number of carbonyl (C=O) groups is 1. The largest absolute Gasteiger partial charge is 0.388 e. The third kappa shape index (κ3) is 2.78. The van der Waals surface area contributed by atoms with Gasteiger partial charge in [0.1, 0.15) is 5.01 Å². The molecule has 1 aromatic heterocycles. The average molecular weight is 270 g/mol. The van der Waals surface area contributed by atoms with Crippen LogP contribution in [0, 0.1) is 6.92 Å². The highest BCUT2D eigenvalue weighted by Crippen LogP contribution is 2.27. The number of anilines is 1. The molecule has 1 fully saturated rings. The van der Waals surface area contributed by atoms with E-state index >= 15 is 0 Å². The molecule has 0 aliphatic carbocycles. The van der Waals surface area contributed by atoms with E-state index in [1.165, 1.54) is 11.3 Å². The Bertz CT molecular complexity index is 440. The van der Waals surface area contributed by atoms with Crippen molar-refractivity contribution in [2.24, 2.45) is 0 Å². The smallest absolute Gasteiger partial charge is 0.324 e. The molecule has 1 aliphatic rings. The highest BCUT2D eigenvalue weighted by atomic mass is 32.1. The molecule has 18 heavy (non-hydrogen) atoms. The number of amides is 2. The van der Waals surface area contributed by atoms with Gasteiger partial charge in [-0.2, -0.15) is 0 Å². The zero-order valence-corrected chi connectivity index (χ0v) is 11.6. The molecule has 0 radical (unpaired) electrons. The number of aryl methyl sites for hydroxylation is 1. The van der Waals surface area contributed by atoms with E-state index in [1.807, 2.05) is 6.92 Å². The number of carbonyl (C=O) groups excluding carboxylic acids is 1. The van der Waals surface area contributed by atoms with E-state index < -0.39 is 5.60 Å². The van der Waals surface area contributed by atoms with Gasteiger partial charge in [0.25, 0.3) is 0 Å². The molecule has 1 unspecified atom stereocenters. The lowest BCUT2D eigenvalue weighted by Crippen LogP contribution is -2.49. The summed E-state index contributed by atoms with van der Waals surface area (Å²) in [7, 11) is 0. The van der Waals surface area contributed by atoms with E-state index in [-0.39, 0.29) is 12.1 Å². The summed E-state index contributed by atoms with van der Waals surface area (Å²) in [5, 5.41) is 21.8. The van der Waals surface area contributed by atoms with E-state index in [0.717, 1.165) is 17.8 Å². The van der Waals surface area contributed by atoms with Gasteiger partial charge in [-0.05, 0) is 33.6 Å². The van der Waals surface area contributed by atoms with Gasteiger partial charge in [-0.25, -0.2) is 4.79 Å². The molecule has 1 atom stereocenters. The van der Waals surface area contributed by atoms with Crippen LogP contribution in [0.4, 0.5) is 9.93 Å². The first kappa shape index (κ1) is 13.2. The Morgan fingerprint density at radius 3 is 2.83 bits per heavy atom. The number of urea groups is 1. The van der Waals surface area contributed by atoms with E-state index in [1.54, 1.807) is 18.7 Å². The average Bonchev–Trinajstić information content (AvgIpc) is 2.85. The molecule has 1 saturated heterocycles. The number of nitrogens with zero attached hydrogens (tertiary/aromatic N) is 3. The Balaban J connectivity index is 2.04. The summed E-state index contributed by atoms with van der Waals surface area (Å²) in [6, 6.07) is -0.359. The van der Waals surface area contributed by atoms with Gasteiger partial charge in [0.2, 0.25) is 5.13 Å². The van der Waals surface area contributed by atoms with Gasteiger partial charge in [-0.3, -0.25) is 5.32 Å². The topological polar surface area (TPSA) is 78.4 Å². The molecular weight excluding hydrogens is 252 g/mol. The molecule has 7 heteroatoms. The van der Waals surface area contributed by atoms with Crippen LogP contribution in [0.5, 0.6) is 0 Å². The molecule has 0 spiro atoms. The molecule has 2 amide bonds. The van der Waals surface area contributed by atoms with Gasteiger partial charge >= 0.3 is 6.03 Å². The summed E-state index contributed by atoms with van der Waals surface area (Å²) in [6.45, 7) is 5.97. The van der Waals surface area contributed by atoms with Gasteiger partial charge in [0.05, 0.1) is 11.6 Å². The Hall–Kier alpha value is -1.21. The standard InChI is InChI=1S/C11H18N4O2S/c1-7-13-14-9(18-7)12-10(16)15-6-4-5-8(15)11(2,3)17/h8,17H,4-6H2,1-3H3,(H,12,14,16). The molecule has 1 aliphatic heterocycles. The van der Waals surface area contributed by atoms with E-state index in [2.05, 4.69) is 15.5 Å². The highest BCUT2D eigenvalue weighted by molar-refractivity contribution is 7.15. The van der Waals surface area contributed by atoms with Crippen LogP contribution in [-0.4, -0.2) is 44.4 Å². The number of aliphatic hydroxyl groups is 1. The maximum absolute atomic E-state index is 12.1. The van der Waals surface area contributed by atoms with Gasteiger partial charge in [0, 0.05) is 6.54 Å². The van der Waals surface area contributed by atoms with Gasteiger partial charge in [0.15, 0.2) is 0 Å². The maximum Gasteiger partial charge on any atom is 0.324 e. The van der Waals surface area contributed by atoms with E-state index in [9.17, 15) is 9.90 Å². The van der Waals surface area contributed by atoms with Crippen molar-refractivity contribution in [3.8, 4) is 0 Å². The van der Waals surface area contributed by atoms with Crippen LogP contribution in [0.25, 0.3) is 0 Å². The molecule has 0 saturated carbocycles. The molecule has 100 valence electrons. The summed E-state index contributed by atoms with van der Waals surface area (Å²) in [4.78, 5) is 13.8. The van der Waals surface area contributed by atoms with Crippen LogP contribution in [-0.2, 0) is 0 Å². The summed E-state index contributed by atoms with van der Waals surface area (Å²) in [5.41, 5.74) is -0.884. The molecule has 0 aromatic carbocycles. The minimum atomic E-state index is -0.884. The van der Waals surface area contributed by atoms with Gasteiger partial charge in [-0.1, -0.05) is 11.3 Å². The minimum Gasteiger partial charge on any atom is -0.388 e. The predicted octanol–water partition coefficient (Wildman–Crippen LogP) is 1.61. The lowest BCUT2D eigenvalue weighted by molar-refractivity contribution is 0.0117. The van der Waals surface area contributed by atoms with Crippen molar-refractivity contribution in [2.75, 3.05) is 11.9 Å². The molecule has 2 rings (SSSR count). The third-order valence-corrected chi connectivity index (χ3v) is 3.82. The van der Waals surface area contributed by atoms with Crippen LogP contribution < -0.4 is 5.32 Å². The van der Waals surface area contributed by atoms with Gasteiger partial charge in [-0.15, -0.1) is 10.2 Å². The van der Waals surface area contributed by atoms with Crippen LogP contribution in [0.2, 0.25) is 0 Å². The molecule has 0 bridgehead atoms. The van der Waals surface area contributed by atoms with E-state index in [0.29, 0.717) is 11.7 Å². The number of nitrogens with one attached hydrogen (secondary N) is 1. The van der Waals surface area contributed by atoms with Crippen molar-refractivity contribution >= 4 is 22.5 Å². The van der Waals surface area contributed by atoms with E-state index in [4.69, 9.17) is 0 Å². The summed E-state index contributed by atoms with van der Waals surface area (Å²) < 4.78 is 0. The van der Waals surface area contributed by atoms with Crippen molar-refractivity contribution in [1.82, 2.24) is 15.1 Å². The summed E-state index contributed by atoms with van der Waals surface area (Å²) in [5.74, 6) is 0. The maximum atomic E-state index is 12.1. The zero-order chi connectivity index (χ0) is 13.3. The van der Waals surface area contributed by atoms with Crippen molar-refractivity contribution in [3.63, 3.8) is 0 Å².